The Morgan fingerprint density at radius 1 is 1.19 bits per heavy atom. The molecule has 7 nitrogen and oxygen atoms in total. The van der Waals surface area contributed by atoms with Crippen LogP contribution in [0.15, 0.2) is 12.4 Å². The molecule has 1 aromatic rings. The Balaban J connectivity index is 1.15. The molecule has 0 spiro atoms. The Kier molecular flexibility index (Phi) is 5.45. The number of piperidine rings is 3. The van der Waals surface area contributed by atoms with Crippen molar-refractivity contribution in [1.82, 2.24) is 29.8 Å². The zero-order valence-electron chi connectivity index (χ0n) is 15.9. The first kappa shape index (κ1) is 17.8. The first-order chi connectivity index (χ1) is 12.7. The highest BCUT2D eigenvalue weighted by Gasteiger charge is 2.38. The molecule has 0 saturated carbocycles. The summed E-state index contributed by atoms with van der Waals surface area (Å²) in [7, 11) is 0. The number of hydrogen-bond acceptors (Lipinski definition) is 4. The van der Waals surface area contributed by atoms with Gasteiger partial charge in [-0.1, -0.05) is 0 Å². The van der Waals surface area contributed by atoms with Crippen LogP contribution in [0.2, 0.25) is 0 Å². The van der Waals surface area contributed by atoms with E-state index < -0.39 is 0 Å². The van der Waals surface area contributed by atoms with Crippen molar-refractivity contribution in [1.29, 1.82) is 0 Å². The number of carbonyl (C=O) groups is 1. The van der Waals surface area contributed by atoms with Crippen molar-refractivity contribution in [2.45, 2.75) is 38.8 Å². The standard InChI is InChI=1S/C19H32N6O/c1-16-13-21-25(14-16)6-2-5-20-19(26)24-11-9-23(10-12-24)18-15-22-7-3-17(18)4-8-22/h13-14,17-18H,2-12,15H2,1H3,(H,20,26)/t18-/m1/s1. The van der Waals surface area contributed by atoms with Crippen LogP contribution in [0.4, 0.5) is 4.79 Å². The van der Waals surface area contributed by atoms with Gasteiger partial charge in [-0.15, -0.1) is 0 Å². The van der Waals surface area contributed by atoms with Gasteiger partial charge in [0.1, 0.15) is 0 Å². The van der Waals surface area contributed by atoms with E-state index in [1.165, 1.54) is 38.0 Å². The van der Waals surface area contributed by atoms with E-state index in [1.54, 1.807) is 0 Å². The van der Waals surface area contributed by atoms with E-state index in [0.29, 0.717) is 6.54 Å². The van der Waals surface area contributed by atoms with Crippen LogP contribution in [0.1, 0.15) is 24.8 Å². The van der Waals surface area contributed by atoms with Crippen molar-refractivity contribution in [3.05, 3.63) is 18.0 Å². The normalized spacial score (nSPS) is 29.1. The fraction of sp³-hybridized carbons (Fsp3) is 0.789. The minimum Gasteiger partial charge on any atom is -0.338 e. The van der Waals surface area contributed by atoms with E-state index >= 15 is 0 Å². The highest BCUT2D eigenvalue weighted by atomic mass is 16.2. The lowest BCUT2D eigenvalue weighted by Gasteiger charge is -2.50. The van der Waals surface area contributed by atoms with Crippen molar-refractivity contribution in [2.24, 2.45) is 5.92 Å². The maximum atomic E-state index is 12.4. The average Bonchev–Trinajstić information content (AvgIpc) is 3.11. The second-order valence-corrected chi connectivity index (χ2v) is 8.09. The number of fused-ring (bicyclic) bond motifs is 3. The van der Waals surface area contributed by atoms with Gasteiger partial charge in [0, 0.05) is 58.1 Å². The molecule has 2 amide bonds. The lowest BCUT2D eigenvalue weighted by molar-refractivity contribution is -0.0103. The number of urea groups is 1. The van der Waals surface area contributed by atoms with Crippen LogP contribution in [0.25, 0.3) is 0 Å². The zero-order chi connectivity index (χ0) is 17.9. The van der Waals surface area contributed by atoms with Crippen LogP contribution in [-0.2, 0) is 6.54 Å². The number of aromatic nitrogens is 2. The number of piperazine rings is 1. The molecule has 7 heteroatoms. The van der Waals surface area contributed by atoms with Crippen LogP contribution in [0.5, 0.6) is 0 Å². The molecule has 26 heavy (non-hydrogen) atoms. The Morgan fingerprint density at radius 3 is 2.58 bits per heavy atom. The summed E-state index contributed by atoms with van der Waals surface area (Å²) in [5.74, 6) is 0.881. The van der Waals surface area contributed by atoms with Crippen LogP contribution < -0.4 is 5.32 Å². The number of nitrogens with zero attached hydrogens (tertiary/aromatic N) is 5. The Hall–Kier alpha value is -1.60. The summed E-state index contributed by atoms with van der Waals surface area (Å²) in [5.41, 5.74) is 1.18. The van der Waals surface area contributed by atoms with Crippen molar-refractivity contribution in [3.63, 3.8) is 0 Å². The van der Waals surface area contributed by atoms with Crippen LogP contribution in [0, 0.1) is 12.8 Å². The summed E-state index contributed by atoms with van der Waals surface area (Å²) in [6, 6.07) is 0.815. The van der Waals surface area contributed by atoms with Crippen molar-refractivity contribution < 1.29 is 4.79 Å². The van der Waals surface area contributed by atoms with Crippen LogP contribution in [-0.4, -0.2) is 88.9 Å². The molecule has 5 rings (SSSR count). The molecular weight excluding hydrogens is 328 g/mol. The molecule has 144 valence electrons. The van der Waals surface area contributed by atoms with Gasteiger partial charge in [0.2, 0.25) is 0 Å². The summed E-state index contributed by atoms with van der Waals surface area (Å²) in [5, 5.41) is 7.35. The van der Waals surface area contributed by atoms with Crippen molar-refractivity contribution >= 4 is 6.03 Å². The fourth-order valence-corrected chi connectivity index (χ4v) is 4.74. The maximum Gasteiger partial charge on any atom is 0.317 e. The molecule has 4 fully saturated rings. The van der Waals surface area contributed by atoms with E-state index in [1.807, 2.05) is 28.9 Å². The molecule has 4 saturated heterocycles. The molecule has 0 aliphatic carbocycles. The molecule has 1 N–H and O–H groups in total. The van der Waals surface area contributed by atoms with E-state index in [-0.39, 0.29) is 6.03 Å². The topological polar surface area (TPSA) is 56.6 Å². The molecule has 5 heterocycles. The van der Waals surface area contributed by atoms with Gasteiger partial charge in [-0.05, 0) is 50.8 Å². The van der Waals surface area contributed by atoms with Gasteiger partial charge in [-0.3, -0.25) is 9.58 Å². The molecule has 4 aliphatic heterocycles. The molecule has 0 unspecified atom stereocenters. The third-order valence-electron chi connectivity index (χ3n) is 6.29. The number of hydrogen-bond donors (Lipinski definition) is 1. The van der Waals surface area contributed by atoms with Gasteiger partial charge >= 0.3 is 6.03 Å². The monoisotopic (exact) mass is 360 g/mol. The Labute approximate surface area is 156 Å². The second-order valence-electron chi connectivity index (χ2n) is 8.09. The SMILES string of the molecule is Cc1cnn(CCCNC(=O)N2CCN([C@@H]3CN4CCC3CC4)CC2)c1. The summed E-state index contributed by atoms with van der Waals surface area (Å²) < 4.78 is 1.94. The molecule has 0 aromatic carbocycles. The van der Waals surface area contributed by atoms with E-state index in [2.05, 4.69) is 20.2 Å². The van der Waals surface area contributed by atoms with Gasteiger partial charge < -0.3 is 15.1 Å². The summed E-state index contributed by atoms with van der Waals surface area (Å²) in [6.07, 6.45) is 7.54. The minimum absolute atomic E-state index is 0.0928. The predicted molar refractivity (Wildman–Crippen MR) is 101 cm³/mol. The molecular formula is C19H32N6O. The third-order valence-corrected chi connectivity index (χ3v) is 6.29. The van der Waals surface area contributed by atoms with Crippen LogP contribution in [0.3, 0.4) is 0 Å². The highest BCUT2D eigenvalue weighted by molar-refractivity contribution is 5.74. The van der Waals surface area contributed by atoms with E-state index in [9.17, 15) is 4.79 Å². The Morgan fingerprint density at radius 2 is 1.96 bits per heavy atom. The first-order valence-corrected chi connectivity index (χ1v) is 10.2. The summed E-state index contributed by atoms with van der Waals surface area (Å²) in [6.45, 7) is 11.2. The Bertz CT molecular complexity index is 601. The zero-order valence-corrected chi connectivity index (χ0v) is 15.9. The minimum atomic E-state index is 0.0928. The number of amides is 2. The lowest BCUT2D eigenvalue weighted by atomic mass is 9.83. The lowest BCUT2D eigenvalue weighted by Crippen LogP contribution is -2.62. The smallest absolute Gasteiger partial charge is 0.317 e. The van der Waals surface area contributed by atoms with Crippen molar-refractivity contribution in [2.75, 3.05) is 52.4 Å². The van der Waals surface area contributed by atoms with Gasteiger partial charge in [-0.2, -0.15) is 5.10 Å². The number of carbonyl (C=O) groups excluding carboxylic acids is 1. The largest absolute Gasteiger partial charge is 0.338 e. The molecule has 4 aliphatic rings. The third kappa shape index (κ3) is 4.04. The highest BCUT2D eigenvalue weighted by Crippen LogP contribution is 2.31. The number of nitrogens with one attached hydrogen (secondary N) is 1. The molecule has 1 atom stereocenters. The van der Waals surface area contributed by atoms with Gasteiger partial charge in [0.15, 0.2) is 0 Å². The number of aryl methyl sites for hydroxylation is 2. The van der Waals surface area contributed by atoms with E-state index in [0.717, 1.165) is 51.1 Å². The van der Waals surface area contributed by atoms with Gasteiger partial charge in [0.05, 0.1) is 6.20 Å². The predicted octanol–water partition coefficient (Wildman–Crippen LogP) is 1.00. The van der Waals surface area contributed by atoms with Crippen molar-refractivity contribution in [3.8, 4) is 0 Å². The fourth-order valence-electron chi connectivity index (χ4n) is 4.74. The van der Waals surface area contributed by atoms with Gasteiger partial charge in [0.25, 0.3) is 0 Å². The van der Waals surface area contributed by atoms with Gasteiger partial charge in [-0.25, -0.2) is 4.79 Å². The first-order valence-electron chi connectivity index (χ1n) is 10.2. The number of rotatable bonds is 5. The van der Waals surface area contributed by atoms with Crippen LogP contribution >= 0.6 is 0 Å². The summed E-state index contributed by atoms with van der Waals surface area (Å²) in [4.78, 5) is 19.6. The second kappa shape index (κ2) is 7.96. The maximum absolute atomic E-state index is 12.4. The molecule has 2 bridgehead atoms. The van der Waals surface area contributed by atoms with E-state index in [4.69, 9.17) is 0 Å². The average molecular weight is 361 g/mol. The quantitative estimate of drug-likeness (QED) is 0.796. The summed E-state index contributed by atoms with van der Waals surface area (Å²) >= 11 is 0. The molecule has 1 aromatic heterocycles. The molecule has 0 radical (unpaired) electrons.